The molecule has 10 nitrogen and oxygen atoms in total. The molecule has 3 amide bonds. The molecule has 0 spiro atoms. The van der Waals surface area contributed by atoms with Crippen molar-refractivity contribution in [3.05, 3.63) is 99.0 Å². The molecule has 4 aromatic rings. The highest BCUT2D eigenvalue weighted by Gasteiger charge is 2.31. The van der Waals surface area contributed by atoms with Crippen LogP contribution in [0.5, 0.6) is 5.88 Å². The summed E-state index contributed by atoms with van der Waals surface area (Å²) in [6, 6.07) is 21.5. The van der Waals surface area contributed by atoms with Gasteiger partial charge in [0.05, 0.1) is 35.1 Å². The lowest BCUT2D eigenvalue weighted by Crippen LogP contribution is -2.35. The maximum absolute atomic E-state index is 13.7. The molecule has 4 heterocycles. The zero-order chi connectivity index (χ0) is 34.8. The van der Waals surface area contributed by atoms with Crippen LogP contribution in [0.4, 0.5) is 5.69 Å². The molecule has 4 N–H and O–H groups in total. The molecule has 3 aliphatic rings. The minimum atomic E-state index is -0.109. The first kappa shape index (κ1) is 34.0. The maximum atomic E-state index is 13.7. The highest BCUT2D eigenvalue weighted by molar-refractivity contribution is 6.39. The monoisotopic (exact) mass is 712 g/mol. The molecular formula is C38H38Cl2N6O4. The molecule has 7 rings (SSSR count). The number of carbonyl (C=O) groups excluding carboxylic acids is 3. The molecule has 258 valence electrons. The Morgan fingerprint density at radius 2 is 1.46 bits per heavy atom. The molecule has 0 aliphatic carbocycles. The molecule has 0 radical (unpaired) electrons. The van der Waals surface area contributed by atoms with Crippen LogP contribution in [0.1, 0.15) is 52.7 Å². The molecule has 0 unspecified atom stereocenters. The van der Waals surface area contributed by atoms with E-state index in [1.54, 1.807) is 12.0 Å². The van der Waals surface area contributed by atoms with E-state index < -0.39 is 0 Å². The second-order valence-corrected chi connectivity index (χ2v) is 13.7. The van der Waals surface area contributed by atoms with E-state index in [2.05, 4.69) is 21.3 Å². The summed E-state index contributed by atoms with van der Waals surface area (Å²) in [6.45, 7) is 2.90. The highest BCUT2D eigenvalue weighted by Crippen LogP contribution is 2.43. The highest BCUT2D eigenvalue weighted by atomic mass is 35.5. The molecule has 0 bridgehead atoms. The van der Waals surface area contributed by atoms with Gasteiger partial charge in [-0.05, 0) is 42.2 Å². The van der Waals surface area contributed by atoms with Gasteiger partial charge in [0, 0.05) is 78.9 Å². The van der Waals surface area contributed by atoms with Gasteiger partial charge in [0.2, 0.25) is 17.7 Å². The number of fused-ring (bicyclic) bond motifs is 1. The fourth-order valence-corrected chi connectivity index (χ4v) is 7.54. The van der Waals surface area contributed by atoms with Crippen molar-refractivity contribution in [1.29, 1.82) is 0 Å². The van der Waals surface area contributed by atoms with Crippen LogP contribution in [0.2, 0.25) is 10.0 Å². The number of rotatable bonds is 12. The summed E-state index contributed by atoms with van der Waals surface area (Å²) in [5.74, 6) is 0.566. The number of halogens is 2. The Hall–Kier alpha value is -4.48. The van der Waals surface area contributed by atoms with E-state index in [1.807, 2.05) is 66.7 Å². The number of pyridine rings is 1. The Balaban J connectivity index is 1.07. The largest absolute Gasteiger partial charge is 0.481 e. The summed E-state index contributed by atoms with van der Waals surface area (Å²) >= 11 is 14.2. The van der Waals surface area contributed by atoms with Crippen molar-refractivity contribution in [2.75, 3.05) is 25.1 Å². The summed E-state index contributed by atoms with van der Waals surface area (Å²) in [5, 5.41) is 13.6. The Morgan fingerprint density at radius 3 is 2.14 bits per heavy atom. The quantitative estimate of drug-likeness (QED) is 0.150. The van der Waals surface area contributed by atoms with Crippen LogP contribution in [0.25, 0.3) is 22.4 Å². The second-order valence-electron chi connectivity index (χ2n) is 12.9. The first-order valence-corrected chi connectivity index (χ1v) is 17.6. The van der Waals surface area contributed by atoms with Gasteiger partial charge in [-0.15, -0.1) is 0 Å². The van der Waals surface area contributed by atoms with Crippen LogP contribution in [0, 0.1) is 0 Å². The number of hydrogen-bond donors (Lipinski definition) is 4. The zero-order valence-electron chi connectivity index (χ0n) is 27.7. The molecule has 2 atom stereocenters. The molecular weight excluding hydrogens is 675 g/mol. The molecule has 3 aliphatic heterocycles. The van der Waals surface area contributed by atoms with Gasteiger partial charge in [-0.1, -0.05) is 71.7 Å². The SMILES string of the molecule is COc1nc(-c2cccc(-c3cccc(N4Cc5ccc(CNC[C@H]6CCC(=O)N6)cc5C4=O)c3Cl)c2Cl)ccc1CNC[C@H]1CCC(=O)N1. The first-order valence-electron chi connectivity index (χ1n) is 16.8. The van der Waals surface area contributed by atoms with Crippen LogP contribution in [0.3, 0.4) is 0 Å². The zero-order valence-corrected chi connectivity index (χ0v) is 29.2. The van der Waals surface area contributed by atoms with Gasteiger partial charge in [0.15, 0.2) is 0 Å². The van der Waals surface area contributed by atoms with Crippen LogP contribution >= 0.6 is 23.2 Å². The van der Waals surface area contributed by atoms with E-state index in [4.69, 9.17) is 32.9 Å². The number of anilines is 1. The number of ether oxygens (including phenoxy) is 1. The van der Waals surface area contributed by atoms with Crippen molar-refractivity contribution in [1.82, 2.24) is 26.3 Å². The van der Waals surface area contributed by atoms with E-state index >= 15 is 0 Å². The molecule has 2 saturated heterocycles. The first-order chi connectivity index (χ1) is 24.3. The molecule has 3 aromatic carbocycles. The number of benzene rings is 3. The number of amides is 3. The standard InChI is InChI=1S/C38H38Cl2N6O4/c1-50-37-23(18-42-20-26-12-15-34(48)44-26)10-13-31(45-37)29-6-2-4-27(35(29)39)28-5-3-7-32(36(28)40)46-21-24-9-8-22(16-30(24)38(46)49)17-41-19-25-11-14-33(47)43-25/h2-10,13,16,25-26,41-42H,11-12,14-15,17-21H2,1H3,(H,43,47)(H,44,48)/t25-,26-/m1/s1. The fourth-order valence-electron chi connectivity index (χ4n) is 6.89. The summed E-state index contributed by atoms with van der Waals surface area (Å²) in [7, 11) is 1.59. The number of methoxy groups -OCH3 is 1. The number of nitrogens with zero attached hydrogens (tertiary/aromatic N) is 2. The Morgan fingerprint density at radius 1 is 0.800 bits per heavy atom. The van der Waals surface area contributed by atoms with Crippen LogP contribution in [0.15, 0.2) is 66.7 Å². The predicted molar refractivity (Wildman–Crippen MR) is 194 cm³/mol. The van der Waals surface area contributed by atoms with Crippen molar-refractivity contribution in [2.24, 2.45) is 0 Å². The smallest absolute Gasteiger partial charge is 0.258 e. The van der Waals surface area contributed by atoms with Crippen molar-refractivity contribution >= 4 is 46.6 Å². The van der Waals surface area contributed by atoms with E-state index in [0.717, 1.165) is 40.7 Å². The summed E-state index contributed by atoms with van der Waals surface area (Å²) in [5.41, 5.74) is 6.89. The fraction of sp³-hybridized carbons (Fsp3) is 0.316. The van der Waals surface area contributed by atoms with Crippen LogP contribution in [-0.2, 0) is 29.2 Å². The van der Waals surface area contributed by atoms with Crippen LogP contribution < -0.4 is 30.9 Å². The molecule has 50 heavy (non-hydrogen) atoms. The summed E-state index contributed by atoms with van der Waals surface area (Å²) in [6.07, 6.45) is 2.80. The summed E-state index contributed by atoms with van der Waals surface area (Å²) < 4.78 is 5.64. The molecule has 2 fully saturated rings. The number of nitrogens with one attached hydrogen (secondary N) is 4. The van der Waals surface area contributed by atoms with Crippen molar-refractivity contribution in [3.8, 4) is 28.3 Å². The number of aromatic nitrogens is 1. The number of hydrogen-bond acceptors (Lipinski definition) is 7. The Bertz CT molecular complexity index is 1970. The third-order valence-corrected chi connectivity index (χ3v) is 10.3. The van der Waals surface area contributed by atoms with Crippen LogP contribution in [-0.4, -0.2) is 55.0 Å². The Kier molecular flexibility index (Phi) is 10.1. The Labute approximate surface area is 300 Å². The van der Waals surface area contributed by atoms with Crippen molar-refractivity contribution in [2.45, 2.75) is 57.4 Å². The van der Waals surface area contributed by atoms with Crippen molar-refractivity contribution < 1.29 is 19.1 Å². The van der Waals surface area contributed by atoms with Gasteiger partial charge in [-0.2, -0.15) is 0 Å². The maximum Gasteiger partial charge on any atom is 0.258 e. The molecule has 12 heteroatoms. The van der Waals surface area contributed by atoms with Gasteiger partial charge in [0.25, 0.3) is 5.91 Å². The lowest BCUT2D eigenvalue weighted by molar-refractivity contribution is -0.120. The molecule has 1 aromatic heterocycles. The van der Waals surface area contributed by atoms with Gasteiger partial charge in [-0.25, -0.2) is 4.98 Å². The number of carbonyl (C=O) groups is 3. The topological polar surface area (TPSA) is 125 Å². The third kappa shape index (κ3) is 7.07. The lowest BCUT2D eigenvalue weighted by Gasteiger charge is -2.20. The second kappa shape index (κ2) is 14.8. The van der Waals surface area contributed by atoms with E-state index in [1.165, 1.54) is 0 Å². The third-order valence-electron chi connectivity index (χ3n) is 9.54. The lowest BCUT2D eigenvalue weighted by atomic mass is 10.00. The van der Waals surface area contributed by atoms with Gasteiger partial charge in [0.1, 0.15) is 0 Å². The predicted octanol–water partition coefficient (Wildman–Crippen LogP) is 5.63. The average Bonchev–Trinajstić information content (AvgIpc) is 3.83. The normalized spacial score (nSPS) is 18.4. The summed E-state index contributed by atoms with van der Waals surface area (Å²) in [4.78, 5) is 43.2. The van der Waals surface area contributed by atoms with E-state index in [0.29, 0.717) is 84.0 Å². The van der Waals surface area contributed by atoms with E-state index in [9.17, 15) is 14.4 Å². The minimum Gasteiger partial charge on any atom is -0.481 e. The van der Waals surface area contributed by atoms with Crippen molar-refractivity contribution in [3.63, 3.8) is 0 Å². The average molecular weight is 714 g/mol. The van der Waals surface area contributed by atoms with Gasteiger partial charge in [-0.3, -0.25) is 14.4 Å². The minimum absolute atomic E-state index is 0.0924. The van der Waals surface area contributed by atoms with E-state index in [-0.39, 0.29) is 29.8 Å². The molecule has 0 saturated carbocycles. The van der Waals surface area contributed by atoms with Gasteiger partial charge < -0.3 is 30.9 Å². The van der Waals surface area contributed by atoms with Gasteiger partial charge >= 0.3 is 0 Å².